The van der Waals surface area contributed by atoms with Crippen molar-refractivity contribution in [3.05, 3.63) is 47.3 Å². The lowest BCUT2D eigenvalue weighted by Crippen LogP contribution is -2.18. The third-order valence-electron chi connectivity index (χ3n) is 2.96. The van der Waals surface area contributed by atoms with Gasteiger partial charge in [0, 0.05) is 18.4 Å². The maximum atomic E-state index is 4.53. The van der Waals surface area contributed by atoms with Crippen molar-refractivity contribution in [2.24, 2.45) is 5.92 Å². The number of nitrogens with zero attached hydrogens (tertiary/aromatic N) is 2. The van der Waals surface area contributed by atoms with Gasteiger partial charge >= 0.3 is 0 Å². The summed E-state index contributed by atoms with van der Waals surface area (Å²) in [6.45, 7) is 10.4. The van der Waals surface area contributed by atoms with Crippen LogP contribution in [0.3, 0.4) is 0 Å². The van der Waals surface area contributed by atoms with Crippen LogP contribution < -0.4 is 5.32 Å². The normalized spacial score (nSPS) is 11.1. The summed E-state index contributed by atoms with van der Waals surface area (Å²) in [7, 11) is 0. The van der Waals surface area contributed by atoms with Crippen molar-refractivity contribution in [3.8, 4) is 0 Å². The first-order chi connectivity index (χ1) is 10.0. The number of rotatable bonds is 6. The third-order valence-corrected chi connectivity index (χ3v) is 3.83. The first kappa shape index (κ1) is 16.0. The smallest absolute Gasteiger partial charge is 0.103 e. The average Bonchev–Trinajstić information content (AvgIpc) is 2.39. The number of aromatic nitrogens is 2. The number of pyridine rings is 2. The van der Waals surface area contributed by atoms with Crippen LogP contribution >= 0.6 is 11.8 Å². The standard InChI is InChI=1S/C17H23N3S/c1-12(2)9-18-10-15-5-6-16(19-11-15)21-17-8-13(3)7-14(4)20-17/h5-8,11-12,18H,9-10H2,1-4H3. The molecule has 0 atom stereocenters. The molecule has 2 rings (SSSR count). The Morgan fingerprint density at radius 1 is 1.14 bits per heavy atom. The Balaban J connectivity index is 1.95. The van der Waals surface area contributed by atoms with E-state index in [9.17, 15) is 0 Å². The molecule has 0 unspecified atom stereocenters. The SMILES string of the molecule is Cc1cc(C)nc(Sc2ccc(CNCC(C)C)cn2)c1. The fourth-order valence-electron chi connectivity index (χ4n) is 2.04. The van der Waals surface area contributed by atoms with E-state index in [1.54, 1.807) is 11.8 Å². The average molecular weight is 301 g/mol. The molecule has 0 aliphatic heterocycles. The Kier molecular flexibility index (Phi) is 5.76. The van der Waals surface area contributed by atoms with Gasteiger partial charge in [-0.2, -0.15) is 0 Å². The highest BCUT2D eigenvalue weighted by molar-refractivity contribution is 7.99. The lowest BCUT2D eigenvalue weighted by atomic mass is 10.2. The van der Waals surface area contributed by atoms with Crippen LogP contribution in [-0.2, 0) is 6.54 Å². The molecule has 2 aromatic rings. The molecule has 4 heteroatoms. The van der Waals surface area contributed by atoms with Crippen molar-refractivity contribution >= 4 is 11.8 Å². The number of hydrogen-bond donors (Lipinski definition) is 1. The van der Waals surface area contributed by atoms with Gasteiger partial charge in [0.25, 0.3) is 0 Å². The van der Waals surface area contributed by atoms with Gasteiger partial charge in [0.1, 0.15) is 10.1 Å². The maximum absolute atomic E-state index is 4.53. The fraction of sp³-hybridized carbons (Fsp3) is 0.412. The molecule has 3 nitrogen and oxygen atoms in total. The van der Waals surface area contributed by atoms with Gasteiger partial charge in [-0.05, 0) is 55.6 Å². The molecule has 112 valence electrons. The van der Waals surface area contributed by atoms with E-state index in [4.69, 9.17) is 0 Å². The molecular formula is C17H23N3S. The molecule has 21 heavy (non-hydrogen) atoms. The van der Waals surface area contributed by atoms with Crippen LogP contribution in [0.25, 0.3) is 0 Å². The second kappa shape index (κ2) is 7.57. The van der Waals surface area contributed by atoms with Gasteiger partial charge in [0.15, 0.2) is 0 Å². The van der Waals surface area contributed by atoms with E-state index in [2.05, 4.69) is 60.3 Å². The summed E-state index contributed by atoms with van der Waals surface area (Å²) in [5, 5.41) is 5.42. The maximum Gasteiger partial charge on any atom is 0.103 e. The third kappa shape index (κ3) is 5.48. The first-order valence-electron chi connectivity index (χ1n) is 7.31. The van der Waals surface area contributed by atoms with Crippen molar-refractivity contribution in [2.75, 3.05) is 6.54 Å². The van der Waals surface area contributed by atoms with Gasteiger partial charge in [0.05, 0.1) is 0 Å². The minimum absolute atomic E-state index is 0.670. The van der Waals surface area contributed by atoms with Gasteiger partial charge in [-0.25, -0.2) is 9.97 Å². The van der Waals surface area contributed by atoms with Crippen molar-refractivity contribution in [3.63, 3.8) is 0 Å². The highest BCUT2D eigenvalue weighted by Gasteiger charge is 2.03. The van der Waals surface area contributed by atoms with Gasteiger partial charge < -0.3 is 5.32 Å². The minimum Gasteiger partial charge on any atom is -0.312 e. The number of aryl methyl sites for hydroxylation is 2. The summed E-state index contributed by atoms with van der Waals surface area (Å²) >= 11 is 1.61. The van der Waals surface area contributed by atoms with Crippen molar-refractivity contribution in [1.29, 1.82) is 0 Å². The van der Waals surface area contributed by atoms with E-state index in [0.717, 1.165) is 28.8 Å². The minimum atomic E-state index is 0.670. The molecule has 1 N–H and O–H groups in total. The zero-order valence-electron chi connectivity index (χ0n) is 13.2. The number of nitrogens with one attached hydrogen (secondary N) is 1. The Bertz CT molecular complexity index is 559. The molecule has 0 amide bonds. The highest BCUT2D eigenvalue weighted by Crippen LogP contribution is 2.25. The number of hydrogen-bond acceptors (Lipinski definition) is 4. The zero-order valence-corrected chi connectivity index (χ0v) is 14.0. The van der Waals surface area contributed by atoms with Gasteiger partial charge in [0.2, 0.25) is 0 Å². The molecule has 0 bridgehead atoms. The van der Waals surface area contributed by atoms with E-state index in [-0.39, 0.29) is 0 Å². The molecule has 2 aromatic heterocycles. The lowest BCUT2D eigenvalue weighted by molar-refractivity contribution is 0.551. The molecule has 0 radical (unpaired) electrons. The molecular weight excluding hydrogens is 278 g/mol. The quantitative estimate of drug-likeness (QED) is 0.875. The van der Waals surface area contributed by atoms with Crippen LogP contribution in [0.15, 0.2) is 40.5 Å². The second-order valence-corrected chi connectivity index (χ2v) is 6.80. The van der Waals surface area contributed by atoms with E-state index in [1.807, 2.05) is 13.1 Å². The lowest BCUT2D eigenvalue weighted by Gasteiger charge is -2.08. The van der Waals surface area contributed by atoms with E-state index in [1.165, 1.54) is 11.1 Å². The van der Waals surface area contributed by atoms with E-state index >= 15 is 0 Å². The zero-order chi connectivity index (χ0) is 15.2. The van der Waals surface area contributed by atoms with Crippen LogP contribution in [0.2, 0.25) is 0 Å². The van der Waals surface area contributed by atoms with Gasteiger partial charge in [-0.1, -0.05) is 31.7 Å². The summed E-state index contributed by atoms with van der Waals surface area (Å²) in [6, 6.07) is 8.38. The van der Waals surface area contributed by atoms with Crippen molar-refractivity contribution in [2.45, 2.75) is 44.3 Å². The Hall–Kier alpha value is -1.39. The first-order valence-corrected chi connectivity index (χ1v) is 8.13. The van der Waals surface area contributed by atoms with Crippen molar-refractivity contribution < 1.29 is 0 Å². The summed E-state index contributed by atoms with van der Waals surface area (Å²) in [5.74, 6) is 0.670. The van der Waals surface area contributed by atoms with Crippen molar-refractivity contribution in [1.82, 2.24) is 15.3 Å². The second-order valence-electron chi connectivity index (χ2n) is 5.76. The van der Waals surface area contributed by atoms with Crippen LogP contribution in [0, 0.1) is 19.8 Å². The van der Waals surface area contributed by atoms with Crippen LogP contribution in [0.4, 0.5) is 0 Å². The van der Waals surface area contributed by atoms with Crippen LogP contribution in [0.5, 0.6) is 0 Å². The molecule has 0 aromatic carbocycles. The Morgan fingerprint density at radius 2 is 1.95 bits per heavy atom. The molecule has 0 aliphatic carbocycles. The highest BCUT2D eigenvalue weighted by atomic mass is 32.2. The largest absolute Gasteiger partial charge is 0.312 e. The molecule has 0 aliphatic rings. The summed E-state index contributed by atoms with van der Waals surface area (Å²) in [5.41, 5.74) is 3.50. The monoisotopic (exact) mass is 301 g/mol. The summed E-state index contributed by atoms with van der Waals surface area (Å²) in [4.78, 5) is 9.05. The summed E-state index contributed by atoms with van der Waals surface area (Å²) < 4.78 is 0. The van der Waals surface area contributed by atoms with Gasteiger partial charge in [-0.15, -0.1) is 0 Å². The van der Waals surface area contributed by atoms with Gasteiger partial charge in [-0.3, -0.25) is 0 Å². The Morgan fingerprint density at radius 3 is 2.57 bits per heavy atom. The fourth-order valence-corrected chi connectivity index (χ4v) is 2.93. The Labute approximate surface area is 131 Å². The summed E-state index contributed by atoms with van der Waals surface area (Å²) in [6.07, 6.45) is 1.94. The van der Waals surface area contributed by atoms with Crippen LogP contribution in [-0.4, -0.2) is 16.5 Å². The van der Waals surface area contributed by atoms with Crippen LogP contribution in [0.1, 0.15) is 30.7 Å². The predicted molar refractivity (Wildman–Crippen MR) is 88.6 cm³/mol. The molecule has 2 heterocycles. The molecule has 0 saturated heterocycles. The van der Waals surface area contributed by atoms with E-state index < -0.39 is 0 Å². The molecule has 0 spiro atoms. The predicted octanol–water partition coefficient (Wildman–Crippen LogP) is 3.99. The topological polar surface area (TPSA) is 37.8 Å². The van der Waals surface area contributed by atoms with E-state index in [0.29, 0.717) is 5.92 Å². The molecule has 0 saturated carbocycles. The molecule has 0 fully saturated rings.